The highest BCUT2D eigenvalue weighted by molar-refractivity contribution is 5.75. The molecule has 3 aromatic rings. The summed E-state index contributed by atoms with van der Waals surface area (Å²) in [7, 11) is 0. The molecule has 2 bridgehead atoms. The number of fused-ring (bicyclic) bond motifs is 5. The Morgan fingerprint density at radius 1 is 0.756 bits per heavy atom. The molecule has 1 aliphatic carbocycles. The number of aliphatic hydroxyl groups is 1. The van der Waals surface area contributed by atoms with Gasteiger partial charge < -0.3 is 15.3 Å². The number of hydrogen-bond acceptors (Lipinski definition) is 3. The van der Waals surface area contributed by atoms with Gasteiger partial charge in [0.1, 0.15) is 5.60 Å². The third-order valence-electron chi connectivity index (χ3n) is 10.6. The lowest BCUT2D eigenvalue weighted by molar-refractivity contribution is 0.00803. The Hall–Kier alpha value is -3.15. The van der Waals surface area contributed by atoms with Crippen molar-refractivity contribution in [2.45, 2.75) is 87.6 Å². The minimum atomic E-state index is -1.25. The average Bonchev–Trinajstić information content (AvgIpc) is 3.76. The van der Waals surface area contributed by atoms with Gasteiger partial charge in [-0.25, -0.2) is 4.79 Å². The summed E-state index contributed by atoms with van der Waals surface area (Å²) in [6.07, 6.45) is 10.0. The van der Waals surface area contributed by atoms with E-state index in [1.54, 1.807) is 11.1 Å². The molecule has 3 aliphatic heterocycles. The summed E-state index contributed by atoms with van der Waals surface area (Å²) in [5.74, 6) is 0.743. The molecule has 7 rings (SSSR count). The minimum absolute atomic E-state index is 0.0207. The molecule has 0 radical (unpaired) electrons. The fraction of sp³-hybridized carbons (Fsp3) is 0.472. The number of rotatable bonds is 7. The molecule has 1 saturated carbocycles. The van der Waals surface area contributed by atoms with Gasteiger partial charge in [-0.1, -0.05) is 84.9 Å². The molecule has 0 unspecified atom stereocenters. The second-order valence-corrected chi connectivity index (χ2v) is 12.8. The normalized spacial score (nSPS) is 27.6. The molecule has 4 aliphatic rings. The summed E-state index contributed by atoms with van der Waals surface area (Å²) < 4.78 is 0. The average molecular weight is 550 g/mol. The number of carbonyl (C=O) groups excluding carboxylic acids is 1. The van der Waals surface area contributed by atoms with E-state index in [1.807, 2.05) is 65.6 Å². The van der Waals surface area contributed by atoms with Crippen LogP contribution in [-0.2, 0) is 5.60 Å². The van der Waals surface area contributed by atoms with Crippen LogP contribution in [0.25, 0.3) is 0 Å². The Kier molecular flexibility index (Phi) is 7.34. The Labute approximate surface area is 244 Å². The topological polar surface area (TPSA) is 55.8 Å². The molecule has 214 valence electrons. The van der Waals surface area contributed by atoms with Crippen molar-refractivity contribution >= 4 is 6.03 Å². The number of carbonyl (C=O) groups is 1. The van der Waals surface area contributed by atoms with E-state index in [4.69, 9.17) is 0 Å². The van der Waals surface area contributed by atoms with Crippen LogP contribution in [0.5, 0.6) is 0 Å². The van der Waals surface area contributed by atoms with E-state index in [-0.39, 0.29) is 18.1 Å². The SMILES string of the molecule is O=C(N[C@H]1CC[C@H](CCN2[C@@H]3CC[C@H]2c2ccccc23)CC1)N1CCC[C@@H]1C(O)(c1ccccc1)c1ccccc1. The van der Waals surface area contributed by atoms with Crippen molar-refractivity contribution in [3.05, 3.63) is 107 Å². The molecule has 2 saturated heterocycles. The molecule has 5 heteroatoms. The Balaban J connectivity index is 0.961. The van der Waals surface area contributed by atoms with Gasteiger partial charge >= 0.3 is 6.03 Å². The number of benzene rings is 3. The minimum Gasteiger partial charge on any atom is -0.378 e. The Morgan fingerprint density at radius 2 is 1.32 bits per heavy atom. The van der Waals surface area contributed by atoms with Gasteiger partial charge in [0.15, 0.2) is 0 Å². The monoisotopic (exact) mass is 549 g/mol. The summed E-state index contributed by atoms with van der Waals surface area (Å²) in [6.45, 7) is 1.87. The molecule has 2 N–H and O–H groups in total. The summed E-state index contributed by atoms with van der Waals surface area (Å²) in [6, 6.07) is 30.0. The molecular weight excluding hydrogens is 506 g/mol. The first-order chi connectivity index (χ1) is 20.1. The number of hydrogen-bond donors (Lipinski definition) is 2. The molecular formula is C36H43N3O2. The summed E-state index contributed by atoms with van der Waals surface area (Å²) in [5.41, 5.74) is 3.57. The van der Waals surface area contributed by atoms with Crippen LogP contribution in [0.2, 0.25) is 0 Å². The molecule has 3 atom stereocenters. The van der Waals surface area contributed by atoms with Gasteiger partial charge in [-0.05, 0) is 92.5 Å². The summed E-state index contributed by atoms with van der Waals surface area (Å²) in [4.78, 5) is 18.4. The molecule has 41 heavy (non-hydrogen) atoms. The largest absolute Gasteiger partial charge is 0.378 e. The van der Waals surface area contributed by atoms with Crippen LogP contribution in [0.4, 0.5) is 4.79 Å². The molecule has 0 spiro atoms. The van der Waals surface area contributed by atoms with Crippen LogP contribution in [-0.4, -0.2) is 46.1 Å². The molecule has 3 fully saturated rings. The first-order valence-electron chi connectivity index (χ1n) is 15.9. The van der Waals surface area contributed by atoms with E-state index in [2.05, 4.69) is 34.5 Å². The predicted molar refractivity (Wildman–Crippen MR) is 162 cm³/mol. The lowest BCUT2D eigenvalue weighted by Crippen LogP contribution is -2.54. The van der Waals surface area contributed by atoms with Crippen LogP contribution < -0.4 is 5.32 Å². The zero-order valence-corrected chi connectivity index (χ0v) is 24.0. The number of amides is 2. The van der Waals surface area contributed by atoms with E-state index in [9.17, 15) is 9.90 Å². The number of nitrogens with one attached hydrogen (secondary N) is 1. The van der Waals surface area contributed by atoms with Crippen molar-refractivity contribution in [2.24, 2.45) is 5.92 Å². The number of nitrogens with zero attached hydrogens (tertiary/aromatic N) is 2. The van der Waals surface area contributed by atoms with Gasteiger partial charge in [0.05, 0.1) is 6.04 Å². The Morgan fingerprint density at radius 3 is 1.90 bits per heavy atom. The van der Waals surface area contributed by atoms with Crippen LogP contribution in [0.15, 0.2) is 84.9 Å². The maximum absolute atomic E-state index is 13.7. The predicted octanol–water partition coefficient (Wildman–Crippen LogP) is 6.94. The van der Waals surface area contributed by atoms with Gasteiger partial charge in [0.2, 0.25) is 0 Å². The lowest BCUT2D eigenvalue weighted by Gasteiger charge is -2.41. The van der Waals surface area contributed by atoms with Crippen molar-refractivity contribution in [1.29, 1.82) is 0 Å². The smallest absolute Gasteiger partial charge is 0.317 e. The fourth-order valence-electron chi connectivity index (χ4n) is 8.53. The summed E-state index contributed by atoms with van der Waals surface area (Å²) in [5, 5.41) is 15.7. The third kappa shape index (κ3) is 4.87. The van der Waals surface area contributed by atoms with Crippen LogP contribution in [0.3, 0.4) is 0 Å². The zero-order valence-electron chi connectivity index (χ0n) is 24.0. The van der Waals surface area contributed by atoms with E-state index in [1.165, 1.54) is 38.6 Å². The fourth-order valence-corrected chi connectivity index (χ4v) is 8.53. The van der Waals surface area contributed by atoms with Crippen molar-refractivity contribution in [2.75, 3.05) is 13.1 Å². The van der Waals surface area contributed by atoms with Crippen LogP contribution in [0.1, 0.15) is 92.1 Å². The van der Waals surface area contributed by atoms with Crippen molar-refractivity contribution in [1.82, 2.24) is 15.1 Å². The van der Waals surface area contributed by atoms with E-state index in [0.717, 1.165) is 42.7 Å². The first kappa shape index (κ1) is 26.7. The van der Waals surface area contributed by atoms with Crippen molar-refractivity contribution in [3.63, 3.8) is 0 Å². The number of urea groups is 1. The molecule has 0 aromatic heterocycles. The lowest BCUT2D eigenvalue weighted by atomic mass is 9.79. The van der Waals surface area contributed by atoms with Gasteiger partial charge in [-0.3, -0.25) is 4.90 Å². The van der Waals surface area contributed by atoms with Crippen molar-refractivity contribution in [3.8, 4) is 0 Å². The third-order valence-corrected chi connectivity index (χ3v) is 10.6. The van der Waals surface area contributed by atoms with Gasteiger partial charge in [-0.15, -0.1) is 0 Å². The zero-order chi connectivity index (χ0) is 27.8. The van der Waals surface area contributed by atoms with E-state index < -0.39 is 5.60 Å². The van der Waals surface area contributed by atoms with Crippen LogP contribution >= 0.6 is 0 Å². The number of likely N-dealkylation sites (tertiary alicyclic amines) is 1. The van der Waals surface area contributed by atoms with Gasteiger partial charge in [0.25, 0.3) is 0 Å². The quantitative estimate of drug-likeness (QED) is 0.336. The van der Waals surface area contributed by atoms with Crippen molar-refractivity contribution < 1.29 is 9.90 Å². The second-order valence-electron chi connectivity index (χ2n) is 12.8. The summed E-state index contributed by atoms with van der Waals surface area (Å²) >= 11 is 0. The highest BCUT2D eigenvalue weighted by Gasteiger charge is 2.47. The van der Waals surface area contributed by atoms with Crippen LogP contribution in [0, 0.1) is 5.92 Å². The van der Waals surface area contributed by atoms with Gasteiger partial charge in [-0.2, -0.15) is 0 Å². The molecule has 3 heterocycles. The highest BCUT2D eigenvalue weighted by atomic mass is 16.3. The standard InChI is InChI=1S/C36H43N3O2/c40-35(39-24-9-16-34(39)36(41,27-10-3-1-4-11-27)28-12-5-2-6-13-28)37-29-19-17-26(18-20-29)23-25-38-32-21-22-33(38)31-15-8-7-14-30(31)32/h1-8,10-15,26,29,32-34,41H,9,16-25H2,(H,37,40)/t26-,29-,32-,33+,34-/m1/s1. The Bertz CT molecular complexity index is 1270. The molecule has 3 aromatic carbocycles. The first-order valence-corrected chi connectivity index (χ1v) is 15.9. The molecule has 2 amide bonds. The van der Waals surface area contributed by atoms with E-state index in [0.29, 0.717) is 18.6 Å². The van der Waals surface area contributed by atoms with E-state index >= 15 is 0 Å². The van der Waals surface area contributed by atoms with Gasteiger partial charge in [0, 0.05) is 24.7 Å². The maximum Gasteiger partial charge on any atom is 0.317 e. The maximum atomic E-state index is 13.7. The molecule has 5 nitrogen and oxygen atoms in total. The highest BCUT2D eigenvalue weighted by Crippen LogP contribution is 2.53. The second kappa shape index (κ2) is 11.3.